The Balaban J connectivity index is 2.13. The van der Waals surface area contributed by atoms with E-state index < -0.39 is 17.9 Å². The standard InChI is InChI=1S/C18H19N5O3/c1-10-5-4-6-13(7-10)23-14(16(25)26)9-15(24)21-18(23)22-17-19-11(2)8-12(3)20-17/h4-8,14H,9H2,1-3H3,(H,25,26)(H,19,20,21,22,24). The molecule has 0 radical (unpaired) electrons. The maximum absolute atomic E-state index is 12.0. The Morgan fingerprint density at radius 1 is 1.23 bits per heavy atom. The second-order valence-electron chi connectivity index (χ2n) is 6.20. The van der Waals surface area contributed by atoms with Gasteiger partial charge in [-0.05, 0) is 44.5 Å². The first-order valence-electron chi connectivity index (χ1n) is 8.13. The highest BCUT2D eigenvalue weighted by atomic mass is 16.4. The van der Waals surface area contributed by atoms with Crippen molar-refractivity contribution in [2.45, 2.75) is 33.2 Å². The van der Waals surface area contributed by atoms with Crippen molar-refractivity contribution in [3.8, 4) is 0 Å². The maximum atomic E-state index is 12.0. The number of amides is 1. The molecule has 2 N–H and O–H groups in total. The first-order chi connectivity index (χ1) is 12.3. The molecule has 1 atom stereocenters. The van der Waals surface area contributed by atoms with Crippen LogP contribution < -0.4 is 10.2 Å². The predicted molar refractivity (Wildman–Crippen MR) is 96.4 cm³/mol. The Bertz CT molecular complexity index is 889. The normalized spacial score (nSPS) is 18.7. The number of benzene rings is 1. The number of carbonyl (C=O) groups is 2. The van der Waals surface area contributed by atoms with Crippen molar-refractivity contribution in [2.75, 3.05) is 4.90 Å². The third-order valence-electron chi connectivity index (χ3n) is 3.91. The number of aromatic nitrogens is 2. The molecule has 2 heterocycles. The summed E-state index contributed by atoms with van der Waals surface area (Å²) in [7, 11) is 0. The van der Waals surface area contributed by atoms with Gasteiger partial charge in [0.05, 0.1) is 6.42 Å². The minimum Gasteiger partial charge on any atom is -0.480 e. The van der Waals surface area contributed by atoms with E-state index in [0.29, 0.717) is 5.69 Å². The summed E-state index contributed by atoms with van der Waals surface area (Å²) in [6, 6.07) is 8.09. The number of aliphatic imine (C=N–C) groups is 1. The summed E-state index contributed by atoms with van der Waals surface area (Å²) in [5.41, 5.74) is 3.05. The van der Waals surface area contributed by atoms with E-state index in [1.54, 1.807) is 6.07 Å². The molecule has 1 fully saturated rings. The zero-order valence-electron chi connectivity index (χ0n) is 14.7. The lowest BCUT2D eigenvalue weighted by molar-refractivity contribution is -0.140. The molecule has 0 bridgehead atoms. The predicted octanol–water partition coefficient (Wildman–Crippen LogP) is 1.87. The number of hydrogen-bond donors (Lipinski definition) is 2. The van der Waals surface area contributed by atoms with Crippen LogP contribution in [0.25, 0.3) is 0 Å². The summed E-state index contributed by atoms with van der Waals surface area (Å²) in [4.78, 5) is 38.1. The summed E-state index contributed by atoms with van der Waals surface area (Å²) in [6.45, 7) is 5.54. The fraction of sp³-hybridized carbons (Fsp3) is 0.278. The summed E-state index contributed by atoms with van der Waals surface area (Å²) in [5.74, 6) is -1.24. The van der Waals surface area contributed by atoms with Crippen LogP contribution in [0, 0.1) is 20.8 Å². The molecule has 1 amide bonds. The van der Waals surface area contributed by atoms with Gasteiger partial charge in [0.2, 0.25) is 11.9 Å². The zero-order chi connectivity index (χ0) is 18.8. The molecule has 1 unspecified atom stereocenters. The number of hydrogen-bond acceptors (Lipinski definition) is 5. The third kappa shape index (κ3) is 3.69. The number of guanidine groups is 1. The topological polar surface area (TPSA) is 108 Å². The van der Waals surface area contributed by atoms with Crippen LogP contribution in [-0.2, 0) is 9.59 Å². The highest BCUT2D eigenvalue weighted by molar-refractivity contribution is 6.13. The number of nitrogens with one attached hydrogen (secondary N) is 1. The van der Waals surface area contributed by atoms with Gasteiger partial charge in [-0.3, -0.25) is 15.0 Å². The number of carboxylic acids is 1. The van der Waals surface area contributed by atoms with Gasteiger partial charge in [-0.1, -0.05) is 12.1 Å². The summed E-state index contributed by atoms with van der Waals surface area (Å²) in [6.07, 6.45) is -0.171. The molecule has 1 aromatic carbocycles. The smallest absolute Gasteiger partial charge is 0.327 e. The van der Waals surface area contributed by atoms with E-state index in [9.17, 15) is 14.7 Å². The van der Waals surface area contributed by atoms with Crippen LogP contribution in [0.15, 0.2) is 35.3 Å². The Labute approximate surface area is 150 Å². The SMILES string of the molecule is Cc1cccc(N2C(=Nc3nc(C)cc(C)n3)NC(=O)CC2C(=O)O)c1. The first kappa shape index (κ1) is 17.5. The van der Waals surface area contributed by atoms with Crippen molar-refractivity contribution in [1.82, 2.24) is 15.3 Å². The third-order valence-corrected chi connectivity index (χ3v) is 3.91. The number of aliphatic carboxylic acids is 1. The van der Waals surface area contributed by atoms with Gasteiger partial charge in [0.1, 0.15) is 6.04 Å². The van der Waals surface area contributed by atoms with E-state index in [2.05, 4.69) is 20.3 Å². The monoisotopic (exact) mass is 353 g/mol. The molecule has 1 saturated heterocycles. The van der Waals surface area contributed by atoms with Crippen LogP contribution >= 0.6 is 0 Å². The van der Waals surface area contributed by atoms with Gasteiger partial charge in [0.25, 0.3) is 5.95 Å². The molecule has 8 heteroatoms. The van der Waals surface area contributed by atoms with Crippen molar-refractivity contribution in [3.63, 3.8) is 0 Å². The van der Waals surface area contributed by atoms with Crippen LogP contribution in [-0.4, -0.2) is 39.0 Å². The average molecular weight is 353 g/mol. The van der Waals surface area contributed by atoms with Crippen molar-refractivity contribution in [3.05, 3.63) is 47.3 Å². The Morgan fingerprint density at radius 3 is 2.54 bits per heavy atom. The van der Waals surface area contributed by atoms with Gasteiger partial charge >= 0.3 is 5.97 Å². The summed E-state index contributed by atoms with van der Waals surface area (Å²) in [5, 5.41) is 12.3. The van der Waals surface area contributed by atoms with E-state index in [0.717, 1.165) is 17.0 Å². The molecule has 2 aromatic rings. The van der Waals surface area contributed by atoms with Gasteiger partial charge in [-0.15, -0.1) is 0 Å². The fourth-order valence-electron chi connectivity index (χ4n) is 2.86. The molecule has 0 spiro atoms. The van der Waals surface area contributed by atoms with E-state index in [-0.39, 0.29) is 18.3 Å². The van der Waals surface area contributed by atoms with Crippen molar-refractivity contribution in [2.24, 2.45) is 4.99 Å². The maximum Gasteiger partial charge on any atom is 0.327 e. The Kier molecular flexibility index (Phi) is 4.66. The molecule has 26 heavy (non-hydrogen) atoms. The number of nitrogens with zero attached hydrogens (tertiary/aromatic N) is 4. The molecular weight excluding hydrogens is 334 g/mol. The van der Waals surface area contributed by atoms with Crippen LogP contribution in [0.4, 0.5) is 11.6 Å². The van der Waals surface area contributed by atoms with Crippen LogP contribution in [0.3, 0.4) is 0 Å². The van der Waals surface area contributed by atoms with Gasteiger partial charge in [0, 0.05) is 17.1 Å². The highest BCUT2D eigenvalue weighted by Gasteiger charge is 2.37. The minimum absolute atomic E-state index is 0.101. The molecule has 1 aliphatic rings. The highest BCUT2D eigenvalue weighted by Crippen LogP contribution is 2.24. The van der Waals surface area contributed by atoms with E-state index in [4.69, 9.17) is 0 Å². The van der Waals surface area contributed by atoms with Gasteiger partial charge in [0.15, 0.2) is 0 Å². The lowest BCUT2D eigenvalue weighted by Gasteiger charge is -2.35. The van der Waals surface area contributed by atoms with E-state index >= 15 is 0 Å². The van der Waals surface area contributed by atoms with Gasteiger partial charge < -0.3 is 5.11 Å². The van der Waals surface area contributed by atoms with Crippen molar-refractivity contribution in [1.29, 1.82) is 0 Å². The van der Waals surface area contributed by atoms with Gasteiger partial charge in [-0.25, -0.2) is 14.8 Å². The quantitative estimate of drug-likeness (QED) is 0.872. The molecular formula is C18H19N5O3. The fourth-order valence-corrected chi connectivity index (χ4v) is 2.86. The lowest BCUT2D eigenvalue weighted by Crippen LogP contribution is -2.58. The van der Waals surface area contributed by atoms with Gasteiger partial charge in [-0.2, -0.15) is 4.99 Å². The zero-order valence-corrected chi connectivity index (χ0v) is 14.7. The first-order valence-corrected chi connectivity index (χ1v) is 8.13. The van der Waals surface area contributed by atoms with E-state index in [1.165, 1.54) is 4.90 Å². The van der Waals surface area contributed by atoms with Crippen molar-refractivity contribution < 1.29 is 14.7 Å². The second kappa shape index (κ2) is 6.91. The summed E-state index contributed by atoms with van der Waals surface area (Å²) < 4.78 is 0. The number of rotatable bonds is 3. The van der Waals surface area contributed by atoms with Crippen LogP contribution in [0.2, 0.25) is 0 Å². The van der Waals surface area contributed by atoms with Crippen LogP contribution in [0.1, 0.15) is 23.4 Å². The lowest BCUT2D eigenvalue weighted by atomic mass is 10.1. The largest absolute Gasteiger partial charge is 0.480 e. The Hall–Kier alpha value is -3.29. The molecule has 8 nitrogen and oxygen atoms in total. The van der Waals surface area contributed by atoms with Crippen molar-refractivity contribution >= 4 is 29.5 Å². The molecule has 0 saturated carbocycles. The second-order valence-corrected chi connectivity index (χ2v) is 6.20. The Morgan fingerprint density at radius 2 is 1.92 bits per heavy atom. The number of aryl methyl sites for hydroxylation is 3. The molecule has 1 aliphatic heterocycles. The number of carboxylic acid groups (broad SMARTS) is 1. The van der Waals surface area contributed by atoms with E-state index in [1.807, 2.05) is 45.0 Å². The molecule has 1 aromatic heterocycles. The average Bonchev–Trinajstić information content (AvgIpc) is 2.53. The number of carbonyl (C=O) groups excluding carboxylic acids is 1. The molecule has 0 aliphatic carbocycles. The van der Waals surface area contributed by atoms with Crippen LogP contribution in [0.5, 0.6) is 0 Å². The molecule has 3 rings (SSSR count). The summed E-state index contributed by atoms with van der Waals surface area (Å²) >= 11 is 0. The minimum atomic E-state index is -1.10. The number of anilines is 1. The molecule has 134 valence electrons.